The van der Waals surface area contributed by atoms with E-state index in [1.165, 1.54) is 0 Å². The van der Waals surface area contributed by atoms with E-state index in [1.54, 1.807) is 13.0 Å². The number of nitrogens with one attached hydrogen (secondary N) is 1. The molecule has 0 aromatic heterocycles. The van der Waals surface area contributed by atoms with Crippen LogP contribution in [0.15, 0.2) is 36.4 Å². The molecule has 2 aromatic carbocycles. The van der Waals surface area contributed by atoms with Crippen molar-refractivity contribution in [2.75, 3.05) is 5.32 Å². The normalized spacial score (nSPS) is 19.4. The Kier molecular flexibility index (Phi) is 3.91. The van der Waals surface area contributed by atoms with E-state index in [1.807, 2.05) is 51.1 Å². The number of rotatable bonds is 2. The summed E-state index contributed by atoms with van der Waals surface area (Å²) in [6, 6.07) is 11.4. The Hall–Kier alpha value is -2.62. The molecule has 0 radical (unpaired) electrons. The molecule has 0 saturated heterocycles. The summed E-state index contributed by atoms with van der Waals surface area (Å²) in [5.74, 6) is -0.758. The third kappa shape index (κ3) is 2.92. The quantitative estimate of drug-likeness (QED) is 0.857. The summed E-state index contributed by atoms with van der Waals surface area (Å²) in [6.07, 6.45) is 0.368. The van der Waals surface area contributed by atoms with Gasteiger partial charge in [-0.2, -0.15) is 0 Å². The lowest BCUT2D eigenvalue weighted by molar-refractivity contribution is -0.134. The molecule has 1 aliphatic heterocycles. The highest BCUT2D eigenvalue weighted by molar-refractivity contribution is 6.02. The predicted octanol–water partition coefficient (Wildman–Crippen LogP) is 3.72. The molecular weight excluding hydrogens is 302 g/mol. The summed E-state index contributed by atoms with van der Waals surface area (Å²) in [5, 5.41) is 2.91. The van der Waals surface area contributed by atoms with Gasteiger partial charge in [-0.25, -0.2) is 4.79 Å². The van der Waals surface area contributed by atoms with Crippen molar-refractivity contribution < 1.29 is 14.3 Å². The number of ether oxygens (including phenoxy) is 1. The van der Waals surface area contributed by atoms with Gasteiger partial charge in [-0.3, -0.25) is 4.79 Å². The largest absolute Gasteiger partial charge is 0.445 e. The summed E-state index contributed by atoms with van der Waals surface area (Å²) in [5.41, 5.74) is 4.00. The zero-order valence-corrected chi connectivity index (χ0v) is 14.4. The molecule has 1 amide bonds. The van der Waals surface area contributed by atoms with Crippen molar-refractivity contribution in [3.8, 4) is 0 Å². The standard InChI is InChI=1S/C20H21NO3/c1-12-6-8-16-15(9-12)11-20(4,24-18(16)22)19(23)21-17-10-13(2)5-7-14(17)3/h5-10H,11H2,1-4H3,(H,21,23). The van der Waals surface area contributed by atoms with Crippen LogP contribution in [0.1, 0.15) is 39.5 Å². The molecule has 0 aliphatic carbocycles. The summed E-state index contributed by atoms with van der Waals surface area (Å²) in [6.45, 7) is 7.53. The van der Waals surface area contributed by atoms with Gasteiger partial charge in [0.2, 0.25) is 0 Å². The van der Waals surface area contributed by atoms with E-state index in [2.05, 4.69) is 5.32 Å². The second-order valence-electron chi connectivity index (χ2n) is 6.73. The first-order chi connectivity index (χ1) is 11.3. The smallest absolute Gasteiger partial charge is 0.339 e. The van der Waals surface area contributed by atoms with Gasteiger partial charge in [0.15, 0.2) is 5.60 Å². The number of esters is 1. The molecule has 1 atom stereocenters. The molecule has 1 aliphatic rings. The molecule has 0 spiro atoms. The SMILES string of the molecule is Cc1ccc2c(c1)CC(C)(C(=O)Nc1cc(C)ccc1C)OC2=O. The molecule has 24 heavy (non-hydrogen) atoms. The van der Waals surface area contributed by atoms with Crippen molar-refractivity contribution in [3.63, 3.8) is 0 Å². The van der Waals surface area contributed by atoms with Crippen molar-refractivity contribution in [2.45, 2.75) is 39.7 Å². The molecule has 1 N–H and O–H groups in total. The zero-order valence-electron chi connectivity index (χ0n) is 14.4. The van der Waals surface area contributed by atoms with Gasteiger partial charge < -0.3 is 10.1 Å². The topological polar surface area (TPSA) is 55.4 Å². The fourth-order valence-corrected chi connectivity index (χ4v) is 2.98. The van der Waals surface area contributed by atoms with E-state index in [0.29, 0.717) is 12.0 Å². The molecule has 0 bridgehead atoms. The van der Waals surface area contributed by atoms with Crippen molar-refractivity contribution in [2.24, 2.45) is 0 Å². The molecule has 3 rings (SSSR count). The lowest BCUT2D eigenvalue weighted by Gasteiger charge is -2.33. The maximum absolute atomic E-state index is 12.8. The first kappa shape index (κ1) is 16.2. The minimum absolute atomic E-state index is 0.309. The first-order valence-electron chi connectivity index (χ1n) is 8.00. The molecular formula is C20H21NO3. The van der Waals surface area contributed by atoms with Crippen LogP contribution in [0.3, 0.4) is 0 Å². The summed E-state index contributed by atoms with van der Waals surface area (Å²) in [7, 11) is 0. The number of hydrogen-bond acceptors (Lipinski definition) is 3. The number of cyclic esters (lactones) is 1. The van der Waals surface area contributed by atoms with Crippen molar-refractivity contribution >= 4 is 17.6 Å². The molecule has 2 aromatic rings. The Labute approximate surface area is 141 Å². The average Bonchev–Trinajstić information content (AvgIpc) is 2.50. The van der Waals surface area contributed by atoms with Crippen LogP contribution in [0.5, 0.6) is 0 Å². The third-order valence-corrected chi connectivity index (χ3v) is 4.45. The van der Waals surface area contributed by atoms with Crippen molar-refractivity contribution in [1.82, 2.24) is 0 Å². The number of fused-ring (bicyclic) bond motifs is 1. The van der Waals surface area contributed by atoms with Crippen molar-refractivity contribution in [1.29, 1.82) is 0 Å². The van der Waals surface area contributed by atoms with Gasteiger partial charge in [-0.15, -0.1) is 0 Å². The Bertz CT molecular complexity index is 841. The monoisotopic (exact) mass is 323 g/mol. The average molecular weight is 323 g/mol. The number of carbonyl (C=O) groups excluding carboxylic acids is 2. The van der Waals surface area contributed by atoms with E-state index < -0.39 is 11.6 Å². The molecule has 124 valence electrons. The minimum Gasteiger partial charge on any atom is -0.445 e. The second kappa shape index (κ2) is 5.78. The summed E-state index contributed by atoms with van der Waals surface area (Å²) >= 11 is 0. The lowest BCUT2D eigenvalue weighted by Crippen LogP contribution is -2.49. The number of aryl methyl sites for hydroxylation is 3. The van der Waals surface area contributed by atoms with E-state index in [0.717, 1.165) is 27.9 Å². The van der Waals surface area contributed by atoms with Gasteiger partial charge in [0.1, 0.15) is 0 Å². The summed E-state index contributed by atoms with van der Waals surface area (Å²) in [4.78, 5) is 25.1. The Morgan fingerprint density at radius 2 is 1.75 bits per heavy atom. The van der Waals surface area contributed by atoms with Gasteiger partial charge >= 0.3 is 5.97 Å². The van der Waals surface area contributed by atoms with Crippen LogP contribution in [0.25, 0.3) is 0 Å². The predicted molar refractivity (Wildman–Crippen MR) is 93.2 cm³/mol. The minimum atomic E-state index is -1.21. The second-order valence-corrected chi connectivity index (χ2v) is 6.73. The van der Waals surface area contributed by atoms with E-state index in [-0.39, 0.29) is 5.91 Å². The van der Waals surface area contributed by atoms with Crippen LogP contribution < -0.4 is 5.32 Å². The summed E-state index contributed by atoms with van der Waals surface area (Å²) < 4.78 is 5.49. The highest BCUT2D eigenvalue weighted by Crippen LogP contribution is 2.30. The number of benzene rings is 2. The van der Waals surface area contributed by atoms with E-state index >= 15 is 0 Å². The fourth-order valence-electron chi connectivity index (χ4n) is 2.98. The molecule has 0 saturated carbocycles. The van der Waals surface area contributed by atoms with Crippen LogP contribution in [-0.2, 0) is 16.0 Å². The van der Waals surface area contributed by atoms with Gasteiger partial charge in [-0.1, -0.05) is 29.8 Å². The Balaban J connectivity index is 1.89. The van der Waals surface area contributed by atoms with E-state index in [4.69, 9.17) is 4.74 Å². The molecule has 1 unspecified atom stereocenters. The number of anilines is 1. The Morgan fingerprint density at radius 1 is 1.08 bits per heavy atom. The number of hydrogen-bond donors (Lipinski definition) is 1. The maximum atomic E-state index is 12.8. The fraction of sp³-hybridized carbons (Fsp3) is 0.300. The number of carbonyl (C=O) groups is 2. The van der Waals surface area contributed by atoms with Gasteiger partial charge in [0, 0.05) is 12.1 Å². The van der Waals surface area contributed by atoms with Crippen LogP contribution in [0.4, 0.5) is 5.69 Å². The highest BCUT2D eigenvalue weighted by Gasteiger charge is 2.42. The zero-order chi connectivity index (χ0) is 17.5. The van der Waals surface area contributed by atoms with Crippen LogP contribution >= 0.6 is 0 Å². The van der Waals surface area contributed by atoms with Gasteiger partial charge in [0.25, 0.3) is 5.91 Å². The molecule has 0 fully saturated rings. The number of amides is 1. The van der Waals surface area contributed by atoms with Gasteiger partial charge in [-0.05, 0) is 56.5 Å². The van der Waals surface area contributed by atoms with Gasteiger partial charge in [0.05, 0.1) is 5.56 Å². The highest BCUT2D eigenvalue weighted by atomic mass is 16.6. The molecule has 4 heteroatoms. The first-order valence-corrected chi connectivity index (χ1v) is 8.00. The maximum Gasteiger partial charge on any atom is 0.339 e. The molecule has 1 heterocycles. The van der Waals surface area contributed by atoms with Crippen LogP contribution in [-0.4, -0.2) is 17.5 Å². The van der Waals surface area contributed by atoms with Crippen LogP contribution in [0, 0.1) is 20.8 Å². The third-order valence-electron chi connectivity index (χ3n) is 4.45. The van der Waals surface area contributed by atoms with E-state index in [9.17, 15) is 9.59 Å². The Morgan fingerprint density at radius 3 is 2.50 bits per heavy atom. The molecule has 4 nitrogen and oxygen atoms in total. The van der Waals surface area contributed by atoms with Crippen molar-refractivity contribution in [3.05, 3.63) is 64.2 Å². The lowest BCUT2D eigenvalue weighted by atomic mass is 9.88. The van der Waals surface area contributed by atoms with Crippen LogP contribution in [0.2, 0.25) is 0 Å².